The van der Waals surface area contributed by atoms with Crippen LogP contribution < -0.4 is 26.6 Å². The number of halogens is 2. The SMILES string of the molecule is C=CC(=O)N1CCN(C2NC(=O)N3C4NC(C(F)CC24)C2C(F)CCCC2NCCSC2NCNC(C(C)C)C23)C2C[C@H]21. The molecule has 2 bridgehead atoms. The Kier molecular flexibility index (Phi) is 8.43. The van der Waals surface area contributed by atoms with Crippen molar-refractivity contribution in [3.63, 3.8) is 0 Å². The molecule has 5 heterocycles. The van der Waals surface area contributed by atoms with Crippen molar-refractivity contribution in [3.05, 3.63) is 12.7 Å². The number of hydrogen-bond donors (Lipinski definition) is 5. The van der Waals surface area contributed by atoms with Gasteiger partial charge in [0.1, 0.15) is 12.3 Å². The molecular weight excluding hydrogens is 574 g/mol. The molecule has 240 valence electrons. The van der Waals surface area contributed by atoms with Gasteiger partial charge < -0.3 is 20.4 Å². The second kappa shape index (κ2) is 12.0. The Morgan fingerprint density at radius 1 is 1.07 bits per heavy atom. The number of carbonyl (C=O) groups is 2. The number of nitrogens with one attached hydrogen (secondary N) is 5. The smallest absolute Gasteiger partial charge is 0.320 e. The molecule has 2 aliphatic carbocycles. The van der Waals surface area contributed by atoms with Crippen LogP contribution in [0, 0.1) is 17.8 Å². The zero-order valence-corrected chi connectivity index (χ0v) is 26.1. The summed E-state index contributed by atoms with van der Waals surface area (Å²) in [5.74, 6) is 0.301. The van der Waals surface area contributed by atoms with Gasteiger partial charge in [0.05, 0.1) is 23.7 Å². The molecule has 7 aliphatic rings. The van der Waals surface area contributed by atoms with Crippen molar-refractivity contribution in [1.82, 2.24) is 41.3 Å². The van der Waals surface area contributed by atoms with Crippen LogP contribution in [0.15, 0.2) is 12.7 Å². The lowest BCUT2D eigenvalue weighted by atomic mass is 9.72. The molecule has 43 heavy (non-hydrogen) atoms. The summed E-state index contributed by atoms with van der Waals surface area (Å²) < 4.78 is 32.3. The highest BCUT2D eigenvalue weighted by atomic mass is 32.2. The summed E-state index contributed by atoms with van der Waals surface area (Å²) >= 11 is 1.81. The van der Waals surface area contributed by atoms with Gasteiger partial charge in [-0.05, 0) is 44.1 Å². The Morgan fingerprint density at radius 3 is 2.70 bits per heavy atom. The number of carbonyl (C=O) groups excluding carboxylic acids is 2. The second-order valence-electron chi connectivity index (χ2n) is 13.9. The van der Waals surface area contributed by atoms with E-state index in [1.54, 1.807) is 0 Å². The third kappa shape index (κ3) is 5.29. The van der Waals surface area contributed by atoms with Crippen LogP contribution in [0.5, 0.6) is 0 Å². The fraction of sp³-hybridized carbons (Fsp3) is 0.867. The lowest BCUT2D eigenvalue weighted by molar-refractivity contribution is -0.130. The zero-order chi connectivity index (χ0) is 30.0. The predicted octanol–water partition coefficient (Wildman–Crippen LogP) is 1.16. The molecule has 0 aromatic carbocycles. The monoisotopic (exact) mass is 622 g/mol. The van der Waals surface area contributed by atoms with Crippen LogP contribution in [0.1, 0.15) is 46.0 Å². The second-order valence-corrected chi connectivity index (χ2v) is 15.2. The summed E-state index contributed by atoms with van der Waals surface area (Å²) in [7, 11) is 0. The van der Waals surface area contributed by atoms with Crippen molar-refractivity contribution >= 4 is 23.7 Å². The number of alkyl halides is 2. The van der Waals surface area contributed by atoms with E-state index in [0.29, 0.717) is 26.2 Å². The van der Waals surface area contributed by atoms with Crippen molar-refractivity contribution in [3.8, 4) is 0 Å². The Bertz CT molecular complexity index is 1090. The molecule has 5 N–H and O–H groups in total. The van der Waals surface area contributed by atoms with E-state index in [0.717, 1.165) is 31.6 Å². The van der Waals surface area contributed by atoms with Crippen LogP contribution in [-0.2, 0) is 4.79 Å². The lowest BCUT2D eigenvalue weighted by Gasteiger charge is -2.59. The normalized spacial score (nSPS) is 46.8. The fourth-order valence-corrected chi connectivity index (χ4v) is 10.5. The third-order valence-electron chi connectivity index (χ3n) is 11.3. The first-order valence-electron chi connectivity index (χ1n) is 16.4. The van der Waals surface area contributed by atoms with E-state index in [4.69, 9.17) is 0 Å². The Balaban J connectivity index is 1.25. The topological polar surface area (TPSA) is 104 Å². The quantitative estimate of drug-likeness (QED) is 0.299. The Morgan fingerprint density at radius 2 is 1.91 bits per heavy atom. The van der Waals surface area contributed by atoms with Gasteiger partial charge in [-0.15, -0.1) is 11.8 Å². The number of piperazine rings is 1. The van der Waals surface area contributed by atoms with E-state index < -0.39 is 30.5 Å². The number of rotatable bonds is 3. The fourth-order valence-electron chi connectivity index (χ4n) is 9.26. The van der Waals surface area contributed by atoms with Crippen molar-refractivity contribution < 1.29 is 18.4 Å². The summed E-state index contributed by atoms with van der Waals surface area (Å²) in [6, 6.07) is -0.852. The van der Waals surface area contributed by atoms with E-state index in [-0.39, 0.29) is 71.9 Å². The Hall–Kier alpha value is -1.51. The highest BCUT2D eigenvalue weighted by Crippen LogP contribution is 2.45. The van der Waals surface area contributed by atoms with Crippen molar-refractivity contribution in [2.75, 3.05) is 32.1 Å². The summed E-state index contributed by atoms with van der Waals surface area (Å²) in [5, 5.41) is 17.9. The van der Waals surface area contributed by atoms with E-state index >= 15 is 8.78 Å². The van der Waals surface area contributed by atoms with E-state index in [9.17, 15) is 9.59 Å². The average molecular weight is 623 g/mol. The molecule has 5 saturated heterocycles. The number of nitrogens with zero attached hydrogens (tertiary/aromatic N) is 3. The maximum Gasteiger partial charge on any atom is 0.320 e. The standard InChI is InChI=1S/C30H48F2N8O2S/c1-4-22(41)38-9-10-39(21-13-20(21)38)27-16-12-18(32)25-23-17(31)6-5-7-19(23)33-8-11-43-29-26(24(15(2)3)34-14-35-29)40(28(16)36-25)30(42)37-27/h4,15-21,23-29,33-36H,1,5-14H2,2-3H3,(H,37,42)/t16?,17?,18?,19?,20-,21?,23?,24?,25?,26?,27?,28?,29?/m1/s1. The molecule has 7 rings (SSSR count). The minimum Gasteiger partial charge on any atom is -0.333 e. The van der Waals surface area contributed by atoms with Gasteiger partial charge >= 0.3 is 6.03 Å². The molecule has 7 fully saturated rings. The molecule has 0 aromatic rings. The first-order chi connectivity index (χ1) is 20.8. The zero-order valence-electron chi connectivity index (χ0n) is 25.3. The summed E-state index contributed by atoms with van der Waals surface area (Å²) in [5.41, 5.74) is 0. The van der Waals surface area contributed by atoms with Crippen LogP contribution in [0.4, 0.5) is 13.6 Å². The average Bonchev–Trinajstić information content (AvgIpc) is 3.79. The maximum atomic E-state index is 16.5. The molecule has 13 heteroatoms. The number of hydrogen-bond acceptors (Lipinski definition) is 8. The van der Waals surface area contributed by atoms with Gasteiger partial charge in [0, 0.05) is 74.1 Å². The van der Waals surface area contributed by atoms with Crippen LogP contribution in [0.2, 0.25) is 0 Å². The number of fused-ring (bicyclic) bond motifs is 6. The number of thioether (sulfide) groups is 1. The molecule has 3 amide bonds. The molecule has 12 unspecified atom stereocenters. The van der Waals surface area contributed by atoms with Crippen molar-refractivity contribution in [2.45, 2.75) is 112 Å². The third-order valence-corrected chi connectivity index (χ3v) is 12.5. The van der Waals surface area contributed by atoms with E-state index in [1.807, 2.05) is 21.6 Å². The van der Waals surface area contributed by atoms with Crippen molar-refractivity contribution in [1.29, 1.82) is 0 Å². The van der Waals surface area contributed by atoms with Crippen LogP contribution in [0.25, 0.3) is 0 Å². The number of amides is 3. The molecule has 0 spiro atoms. The predicted molar refractivity (Wildman–Crippen MR) is 163 cm³/mol. The van der Waals surface area contributed by atoms with Crippen LogP contribution in [0.3, 0.4) is 0 Å². The largest absolute Gasteiger partial charge is 0.333 e. The minimum atomic E-state index is -1.23. The minimum absolute atomic E-state index is 0.00136. The first-order valence-corrected chi connectivity index (χ1v) is 17.5. The molecule has 13 atom stereocenters. The van der Waals surface area contributed by atoms with Gasteiger partial charge in [-0.25, -0.2) is 13.6 Å². The van der Waals surface area contributed by atoms with Gasteiger partial charge in [0.25, 0.3) is 0 Å². The number of urea groups is 1. The molecule has 5 aliphatic heterocycles. The van der Waals surface area contributed by atoms with E-state index in [1.165, 1.54) is 6.08 Å². The first kappa shape index (κ1) is 30.2. The highest BCUT2D eigenvalue weighted by molar-refractivity contribution is 7.99. The van der Waals surface area contributed by atoms with Gasteiger partial charge in [-0.2, -0.15) is 0 Å². The van der Waals surface area contributed by atoms with Crippen LogP contribution >= 0.6 is 11.8 Å². The van der Waals surface area contributed by atoms with Crippen molar-refractivity contribution in [2.24, 2.45) is 17.8 Å². The maximum absolute atomic E-state index is 16.5. The van der Waals surface area contributed by atoms with Gasteiger partial charge in [-0.3, -0.25) is 25.6 Å². The highest BCUT2D eigenvalue weighted by Gasteiger charge is 2.60. The van der Waals surface area contributed by atoms with Gasteiger partial charge in [0.15, 0.2) is 0 Å². The molecule has 0 radical (unpaired) electrons. The number of piperidine rings is 1. The molecular formula is C30H48F2N8O2S. The molecule has 2 saturated carbocycles. The molecule has 10 nitrogen and oxygen atoms in total. The summed E-state index contributed by atoms with van der Waals surface area (Å²) in [4.78, 5) is 33.0. The van der Waals surface area contributed by atoms with Crippen LogP contribution in [-0.4, -0.2) is 125 Å². The lowest BCUT2D eigenvalue weighted by Crippen LogP contribution is -2.81. The summed E-state index contributed by atoms with van der Waals surface area (Å²) in [6.45, 7) is 10.6. The van der Waals surface area contributed by atoms with Gasteiger partial charge in [-0.1, -0.05) is 20.4 Å². The summed E-state index contributed by atoms with van der Waals surface area (Å²) in [6.07, 6.45) is 1.42. The molecule has 0 aromatic heterocycles. The Labute approximate surface area is 257 Å². The van der Waals surface area contributed by atoms with E-state index in [2.05, 4.69) is 51.9 Å². The van der Waals surface area contributed by atoms with Gasteiger partial charge in [0.2, 0.25) is 5.91 Å².